The smallest absolute Gasteiger partial charge is 0.276 e. The van der Waals surface area contributed by atoms with E-state index in [1.54, 1.807) is 11.5 Å². The molecule has 0 aliphatic carbocycles. The molecule has 3 heterocycles. The molecule has 0 atom stereocenters. The van der Waals surface area contributed by atoms with Gasteiger partial charge in [-0.2, -0.15) is 0 Å². The number of hydrogen-bond acceptors (Lipinski definition) is 6. The van der Waals surface area contributed by atoms with Crippen LogP contribution in [0.5, 0.6) is 0 Å². The molecule has 0 saturated carbocycles. The minimum atomic E-state index is -0.254. The Bertz CT molecular complexity index is 839. The second-order valence-electron chi connectivity index (χ2n) is 4.82. The highest BCUT2D eigenvalue weighted by molar-refractivity contribution is 7.15. The van der Waals surface area contributed by atoms with Crippen molar-refractivity contribution in [2.75, 3.05) is 12.4 Å². The van der Waals surface area contributed by atoms with Crippen molar-refractivity contribution in [2.24, 2.45) is 0 Å². The molecule has 0 bridgehead atoms. The predicted molar refractivity (Wildman–Crippen MR) is 83.2 cm³/mol. The molecular weight excluding hydrogens is 302 g/mol. The van der Waals surface area contributed by atoms with Crippen LogP contribution < -0.4 is 5.32 Å². The summed E-state index contributed by atoms with van der Waals surface area (Å²) in [6, 6.07) is 3.85. The summed E-state index contributed by atoms with van der Waals surface area (Å²) in [6.07, 6.45) is 1.83. The van der Waals surface area contributed by atoms with E-state index in [0.29, 0.717) is 28.1 Å². The number of anilines is 1. The number of fused-ring (bicyclic) bond motifs is 1. The normalized spacial score (nSPS) is 11.0. The zero-order valence-electron chi connectivity index (χ0n) is 12.5. The molecule has 3 aromatic heterocycles. The number of nitrogens with zero attached hydrogens (tertiary/aromatic N) is 4. The number of pyridine rings is 1. The maximum Gasteiger partial charge on any atom is 0.276 e. The van der Waals surface area contributed by atoms with E-state index >= 15 is 0 Å². The maximum atomic E-state index is 12.5. The summed E-state index contributed by atoms with van der Waals surface area (Å²) in [7, 11) is 1.59. The first kappa shape index (κ1) is 14.6. The van der Waals surface area contributed by atoms with Crippen molar-refractivity contribution in [3.05, 3.63) is 40.3 Å². The third-order valence-electron chi connectivity index (χ3n) is 3.19. The van der Waals surface area contributed by atoms with Gasteiger partial charge in [0.1, 0.15) is 23.0 Å². The van der Waals surface area contributed by atoms with Gasteiger partial charge in [0.15, 0.2) is 0 Å². The molecule has 0 aliphatic heterocycles. The zero-order valence-corrected chi connectivity index (χ0v) is 13.3. The van der Waals surface area contributed by atoms with Gasteiger partial charge in [-0.3, -0.25) is 14.5 Å². The van der Waals surface area contributed by atoms with Gasteiger partial charge in [-0.05, 0) is 25.5 Å². The van der Waals surface area contributed by atoms with Crippen molar-refractivity contribution >= 4 is 28.0 Å². The van der Waals surface area contributed by atoms with E-state index < -0.39 is 0 Å². The lowest BCUT2D eigenvalue weighted by atomic mass is 10.3. The van der Waals surface area contributed by atoms with Gasteiger partial charge in [-0.1, -0.05) is 17.4 Å². The Hall–Kier alpha value is -2.32. The minimum absolute atomic E-state index is 0.254. The van der Waals surface area contributed by atoms with Crippen LogP contribution in [-0.2, 0) is 11.3 Å². The number of carbonyl (C=O) groups is 1. The Morgan fingerprint density at radius 2 is 2.23 bits per heavy atom. The van der Waals surface area contributed by atoms with Crippen LogP contribution in [-0.4, -0.2) is 32.6 Å². The summed E-state index contributed by atoms with van der Waals surface area (Å²) in [6.45, 7) is 4.16. The van der Waals surface area contributed by atoms with Gasteiger partial charge >= 0.3 is 0 Å². The van der Waals surface area contributed by atoms with Crippen LogP contribution in [0.15, 0.2) is 18.3 Å². The van der Waals surface area contributed by atoms with Crippen LogP contribution in [0.2, 0.25) is 0 Å². The predicted octanol–water partition coefficient (Wildman–Crippen LogP) is 2.20. The topological polar surface area (TPSA) is 81.4 Å². The lowest BCUT2D eigenvalue weighted by molar-refractivity contribution is 0.102. The monoisotopic (exact) mass is 317 g/mol. The van der Waals surface area contributed by atoms with Crippen LogP contribution in [0.3, 0.4) is 0 Å². The van der Waals surface area contributed by atoms with Crippen molar-refractivity contribution in [1.29, 1.82) is 0 Å². The summed E-state index contributed by atoms with van der Waals surface area (Å²) in [5, 5.41) is 11.8. The van der Waals surface area contributed by atoms with Gasteiger partial charge in [0.05, 0.1) is 5.69 Å². The maximum absolute atomic E-state index is 12.5. The van der Waals surface area contributed by atoms with Crippen LogP contribution >= 0.6 is 11.3 Å². The average Bonchev–Trinajstić information content (AvgIpc) is 3.04. The van der Waals surface area contributed by atoms with E-state index in [-0.39, 0.29) is 5.91 Å². The van der Waals surface area contributed by atoms with E-state index in [0.717, 1.165) is 11.2 Å². The highest BCUT2D eigenvalue weighted by Crippen LogP contribution is 2.19. The van der Waals surface area contributed by atoms with Crippen molar-refractivity contribution < 1.29 is 9.53 Å². The number of rotatable bonds is 4. The number of ether oxygens (including phenoxy) is 1. The number of methoxy groups -OCH3 is 1. The molecule has 7 nitrogen and oxygen atoms in total. The SMILES string of the molecule is COCc1nnc(NC(=O)c2c(C)nc3c(C)cccn23)s1. The van der Waals surface area contributed by atoms with Gasteiger partial charge in [0, 0.05) is 13.3 Å². The Morgan fingerprint density at radius 1 is 1.41 bits per heavy atom. The molecule has 0 spiro atoms. The van der Waals surface area contributed by atoms with Crippen LogP contribution in [0.4, 0.5) is 5.13 Å². The van der Waals surface area contributed by atoms with Gasteiger partial charge in [0.2, 0.25) is 5.13 Å². The van der Waals surface area contributed by atoms with E-state index in [2.05, 4.69) is 20.5 Å². The largest absolute Gasteiger partial charge is 0.377 e. The van der Waals surface area contributed by atoms with E-state index in [4.69, 9.17) is 4.74 Å². The van der Waals surface area contributed by atoms with Gasteiger partial charge in [0.25, 0.3) is 5.91 Å². The summed E-state index contributed by atoms with van der Waals surface area (Å²) in [5.41, 5.74) is 2.97. The molecule has 0 saturated heterocycles. The van der Waals surface area contributed by atoms with E-state index in [9.17, 15) is 4.79 Å². The number of imidazole rings is 1. The number of hydrogen-bond donors (Lipinski definition) is 1. The van der Waals surface area contributed by atoms with E-state index in [1.807, 2.05) is 32.2 Å². The Kier molecular flexibility index (Phi) is 3.86. The number of carbonyl (C=O) groups excluding carboxylic acids is 1. The summed E-state index contributed by atoms with van der Waals surface area (Å²) in [5.74, 6) is -0.254. The number of amides is 1. The Morgan fingerprint density at radius 3 is 3.00 bits per heavy atom. The molecule has 1 N–H and O–H groups in total. The van der Waals surface area contributed by atoms with Gasteiger partial charge < -0.3 is 4.74 Å². The minimum Gasteiger partial charge on any atom is -0.377 e. The van der Waals surface area contributed by atoms with Crippen molar-refractivity contribution in [2.45, 2.75) is 20.5 Å². The molecule has 114 valence electrons. The van der Waals surface area contributed by atoms with Crippen LogP contribution in [0.1, 0.15) is 26.8 Å². The molecule has 0 aliphatic rings. The molecule has 0 unspecified atom stereocenters. The standard InChI is InChI=1S/C14H15N5O2S/c1-8-5-4-6-19-11(9(2)15-12(8)19)13(20)16-14-18-17-10(22-14)7-21-3/h4-6H,7H2,1-3H3,(H,16,18,20). The van der Waals surface area contributed by atoms with Crippen molar-refractivity contribution in [3.63, 3.8) is 0 Å². The third kappa shape index (κ3) is 2.58. The highest BCUT2D eigenvalue weighted by atomic mass is 32.1. The first-order chi connectivity index (χ1) is 10.6. The van der Waals surface area contributed by atoms with Gasteiger partial charge in [-0.15, -0.1) is 10.2 Å². The van der Waals surface area contributed by atoms with Gasteiger partial charge in [-0.25, -0.2) is 4.98 Å². The molecule has 3 aromatic rings. The fraction of sp³-hybridized carbons (Fsp3) is 0.286. The fourth-order valence-corrected chi connectivity index (χ4v) is 2.94. The molecular formula is C14H15N5O2S. The molecule has 1 amide bonds. The van der Waals surface area contributed by atoms with Crippen LogP contribution in [0, 0.1) is 13.8 Å². The first-order valence-corrected chi connectivity index (χ1v) is 7.48. The molecule has 22 heavy (non-hydrogen) atoms. The summed E-state index contributed by atoms with van der Waals surface area (Å²) < 4.78 is 6.78. The Labute approximate surface area is 131 Å². The second kappa shape index (κ2) is 5.82. The van der Waals surface area contributed by atoms with Crippen molar-refractivity contribution in [1.82, 2.24) is 19.6 Å². The van der Waals surface area contributed by atoms with E-state index in [1.165, 1.54) is 11.3 Å². The first-order valence-electron chi connectivity index (χ1n) is 6.67. The lowest BCUT2D eigenvalue weighted by Gasteiger charge is -2.03. The lowest BCUT2D eigenvalue weighted by Crippen LogP contribution is -2.15. The molecule has 0 aromatic carbocycles. The molecule has 0 radical (unpaired) electrons. The molecule has 0 fully saturated rings. The second-order valence-corrected chi connectivity index (χ2v) is 5.88. The summed E-state index contributed by atoms with van der Waals surface area (Å²) in [4.78, 5) is 17.0. The third-order valence-corrected chi connectivity index (χ3v) is 4.00. The number of aryl methyl sites for hydroxylation is 2. The average molecular weight is 317 g/mol. The number of aromatic nitrogens is 4. The quantitative estimate of drug-likeness (QED) is 0.798. The van der Waals surface area contributed by atoms with Crippen molar-refractivity contribution in [3.8, 4) is 0 Å². The molecule has 8 heteroatoms. The number of nitrogens with one attached hydrogen (secondary N) is 1. The zero-order chi connectivity index (χ0) is 15.7. The Balaban J connectivity index is 1.91. The van der Waals surface area contributed by atoms with Crippen LogP contribution in [0.25, 0.3) is 5.65 Å². The summed E-state index contributed by atoms with van der Waals surface area (Å²) >= 11 is 1.29. The highest BCUT2D eigenvalue weighted by Gasteiger charge is 2.18. The fourth-order valence-electron chi connectivity index (χ4n) is 2.23. The molecule has 3 rings (SSSR count).